The molecule has 0 heterocycles. The maximum absolute atomic E-state index is 12.5. The van der Waals surface area contributed by atoms with Crippen molar-refractivity contribution in [1.29, 1.82) is 0 Å². The van der Waals surface area contributed by atoms with Crippen molar-refractivity contribution < 1.29 is 17.6 Å². The number of nitrogens with zero attached hydrogens (tertiary/aromatic N) is 1. The molecule has 0 radical (unpaired) electrons. The van der Waals surface area contributed by atoms with Crippen LogP contribution in [-0.2, 0) is 4.74 Å². The van der Waals surface area contributed by atoms with Crippen molar-refractivity contribution in [3.05, 3.63) is 77.0 Å². The van der Waals surface area contributed by atoms with Crippen molar-refractivity contribution in [3.63, 3.8) is 0 Å². The van der Waals surface area contributed by atoms with Gasteiger partial charge in [0.1, 0.15) is 12.6 Å². The van der Waals surface area contributed by atoms with Crippen molar-refractivity contribution in [2.75, 3.05) is 27.1 Å². The standard InChI is InChI=1S/C17H21NO2/c1-18(2,19)13-14-20-17(15-9-5-3-6-10-15)16-11-7-4-8-12-16/h3-12,17H,13-14H2,1-2H3/i1D3,2D3. The molecule has 0 saturated heterocycles. The quantitative estimate of drug-likeness (QED) is 0.599. The molecule has 20 heavy (non-hydrogen) atoms. The van der Waals surface area contributed by atoms with Gasteiger partial charge in [0.15, 0.2) is 0 Å². The van der Waals surface area contributed by atoms with E-state index in [0.717, 1.165) is 11.1 Å². The third-order valence-corrected chi connectivity index (χ3v) is 2.90. The van der Waals surface area contributed by atoms with Crippen molar-refractivity contribution in [2.24, 2.45) is 0 Å². The van der Waals surface area contributed by atoms with Crippen molar-refractivity contribution >= 4 is 0 Å². The average Bonchev–Trinajstić information content (AvgIpc) is 2.58. The number of rotatable bonds is 6. The van der Waals surface area contributed by atoms with E-state index < -0.39 is 31.2 Å². The van der Waals surface area contributed by atoms with E-state index in [1.807, 2.05) is 60.7 Å². The second-order valence-corrected chi connectivity index (χ2v) is 4.54. The monoisotopic (exact) mass is 277 g/mol. The minimum atomic E-state index is -3.22. The summed E-state index contributed by atoms with van der Waals surface area (Å²) in [6.07, 6.45) is -0.529. The van der Waals surface area contributed by atoms with Gasteiger partial charge < -0.3 is 14.6 Å². The van der Waals surface area contributed by atoms with E-state index in [0.29, 0.717) is 0 Å². The first-order valence-corrected chi connectivity index (χ1v) is 6.37. The summed E-state index contributed by atoms with van der Waals surface area (Å²) in [7, 11) is 0. The zero-order chi connectivity index (χ0) is 19.4. The number of ether oxygens (including phenoxy) is 1. The Balaban J connectivity index is 2.20. The molecule has 2 aromatic rings. The summed E-state index contributed by atoms with van der Waals surface area (Å²) in [5, 5.41) is 12.5. The van der Waals surface area contributed by atoms with E-state index in [1.165, 1.54) is 0 Å². The Morgan fingerprint density at radius 1 is 1.00 bits per heavy atom. The summed E-state index contributed by atoms with van der Waals surface area (Å²) in [5.74, 6) is 0. The Morgan fingerprint density at radius 2 is 1.50 bits per heavy atom. The van der Waals surface area contributed by atoms with Gasteiger partial charge in [-0.1, -0.05) is 60.7 Å². The largest absolute Gasteiger partial charge is 0.633 e. The van der Waals surface area contributed by atoms with Crippen LogP contribution in [0.25, 0.3) is 0 Å². The molecule has 106 valence electrons. The predicted molar refractivity (Wildman–Crippen MR) is 81.0 cm³/mol. The van der Waals surface area contributed by atoms with Gasteiger partial charge >= 0.3 is 0 Å². The molecule has 0 atom stereocenters. The highest BCUT2D eigenvalue weighted by atomic mass is 16.5. The van der Waals surface area contributed by atoms with Crippen molar-refractivity contribution in [2.45, 2.75) is 6.10 Å². The first-order valence-electron chi connectivity index (χ1n) is 9.37. The molecule has 0 aromatic heterocycles. The fourth-order valence-electron chi connectivity index (χ4n) is 1.94. The molecular formula is C17H21NO2. The van der Waals surface area contributed by atoms with Gasteiger partial charge in [-0.2, -0.15) is 0 Å². The number of hydroxylamine groups is 3. The third kappa shape index (κ3) is 4.46. The summed E-state index contributed by atoms with van der Waals surface area (Å²) < 4.78 is 47.5. The molecule has 0 bridgehead atoms. The van der Waals surface area contributed by atoms with Gasteiger partial charge in [-0.25, -0.2) is 0 Å². The molecule has 0 aliphatic heterocycles. The zero-order valence-corrected chi connectivity index (χ0v) is 11.0. The second-order valence-electron chi connectivity index (χ2n) is 4.54. The van der Waals surface area contributed by atoms with Gasteiger partial charge in [0, 0.05) is 0 Å². The van der Waals surface area contributed by atoms with Crippen LogP contribution in [0.15, 0.2) is 60.7 Å². The molecule has 3 nitrogen and oxygen atoms in total. The van der Waals surface area contributed by atoms with Crippen LogP contribution >= 0.6 is 0 Å². The summed E-state index contributed by atoms with van der Waals surface area (Å²) in [6, 6.07) is 18.5. The summed E-state index contributed by atoms with van der Waals surface area (Å²) >= 11 is 0. The maximum Gasteiger partial charge on any atom is 0.108 e. The van der Waals surface area contributed by atoms with Gasteiger partial charge in [-0.3, -0.25) is 0 Å². The molecule has 2 aromatic carbocycles. The summed E-state index contributed by atoms with van der Waals surface area (Å²) in [6.45, 7) is -7.45. The van der Waals surface area contributed by atoms with Gasteiger partial charge in [-0.05, 0) is 11.1 Å². The number of likely N-dealkylation sites (N-methyl/N-ethyl adjacent to an activating group) is 1. The van der Waals surface area contributed by atoms with Gasteiger partial charge in [-0.15, -0.1) is 0 Å². The third-order valence-electron chi connectivity index (χ3n) is 2.90. The molecule has 0 N–H and O–H groups in total. The normalized spacial score (nSPS) is 17.5. The van der Waals surface area contributed by atoms with E-state index >= 15 is 0 Å². The topological polar surface area (TPSA) is 32.3 Å². The van der Waals surface area contributed by atoms with Crippen LogP contribution in [0.3, 0.4) is 0 Å². The molecule has 0 spiro atoms. The minimum absolute atomic E-state index is 0.311. The van der Waals surface area contributed by atoms with Crippen LogP contribution in [0.5, 0.6) is 0 Å². The van der Waals surface area contributed by atoms with Crippen LogP contribution in [0, 0.1) is 5.21 Å². The molecular weight excluding hydrogens is 250 g/mol. The lowest BCUT2D eigenvalue weighted by atomic mass is 10.0. The van der Waals surface area contributed by atoms with Crippen molar-refractivity contribution in [3.8, 4) is 0 Å². The second kappa shape index (κ2) is 6.66. The molecule has 0 aliphatic rings. The highest BCUT2D eigenvalue weighted by molar-refractivity contribution is 5.29. The van der Waals surface area contributed by atoms with Crippen LogP contribution in [0.2, 0.25) is 0 Å². The fourth-order valence-corrected chi connectivity index (χ4v) is 1.94. The average molecular weight is 277 g/mol. The van der Waals surface area contributed by atoms with Crippen LogP contribution in [-0.4, -0.2) is 31.7 Å². The number of hydrogen-bond acceptors (Lipinski definition) is 2. The Hall–Kier alpha value is -1.68. The SMILES string of the molecule is [2H]C([2H])([2H])[N+]([O-])(CCOC(c1ccccc1)c1ccccc1)C([2H])([2H])[2H]. The maximum atomic E-state index is 12.5. The fraction of sp³-hybridized carbons (Fsp3) is 0.294. The molecule has 0 unspecified atom stereocenters. The van der Waals surface area contributed by atoms with Gasteiger partial charge in [0.05, 0.1) is 28.8 Å². The molecule has 0 amide bonds. The minimum Gasteiger partial charge on any atom is -0.633 e. The van der Waals surface area contributed by atoms with Gasteiger partial charge in [0.2, 0.25) is 0 Å². The van der Waals surface area contributed by atoms with Crippen LogP contribution < -0.4 is 0 Å². The Bertz CT molecular complexity index is 634. The molecule has 2 rings (SSSR count). The molecule has 0 saturated carbocycles. The molecule has 3 heteroatoms. The highest BCUT2D eigenvalue weighted by Gasteiger charge is 2.15. The first kappa shape index (κ1) is 8.57. The predicted octanol–water partition coefficient (Wildman–Crippen LogP) is 3.37. The number of quaternary nitrogens is 1. The van der Waals surface area contributed by atoms with Gasteiger partial charge in [0.25, 0.3) is 0 Å². The highest BCUT2D eigenvalue weighted by Crippen LogP contribution is 2.25. The Kier molecular flexibility index (Phi) is 2.85. The van der Waals surface area contributed by atoms with E-state index in [2.05, 4.69) is 0 Å². The lowest BCUT2D eigenvalue weighted by Crippen LogP contribution is -2.35. The molecule has 0 fully saturated rings. The smallest absolute Gasteiger partial charge is 0.108 e. The zero-order valence-electron chi connectivity index (χ0n) is 17.0. The van der Waals surface area contributed by atoms with Crippen molar-refractivity contribution in [1.82, 2.24) is 0 Å². The summed E-state index contributed by atoms with van der Waals surface area (Å²) in [5.41, 5.74) is 1.65. The lowest BCUT2D eigenvalue weighted by molar-refractivity contribution is -0.840. The van der Waals surface area contributed by atoms with Crippen LogP contribution in [0.4, 0.5) is 0 Å². The Morgan fingerprint density at radius 3 is 1.95 bits per heavy atom. The molecule has 0 aliphatic carbocycles. The van der Waals surface area contributed by atoms with E-state index in [1.54, 1.807) is 0 Å². The van der Waals surface area contributed by atoms with E-state index in [9.17, 15) is 5.21 Å². The van der Waals surface area contributed by atoms with E-state index in [4.69, 9.17) is 13.0 Å². The lowest BCUT2D eigenvalue weighted by Gasteiger charge is -2.34. The van der Waals surface area contributed by atoms with E-state index in [-0.39, 0.29) is 6.61 Å². The number of hydrogen-bond donors (Lipinski definition) is 0. The summed E-state index contributed by atoms with van der Waals surface area (Å²) in [4.78, 5) is 0. The van der Waals surface area contributed by atoms with Crippen LogP contribution in [0.1, 0.15) is 25.5 Å². The Labute approximate surface area is 129 Å². The number of benzene rings is 2. The first-order chi connectivity index (χ1) is 12.1.